The molecule has 0 aliphatic carbocycles. The molecule has 1 atom stereocenters. The average molecular weight is 267 g/mol. The van der Waals surface area contributed by atoms with Crippen LogP contribution in [-0.2, 0) is 0 Å². The van der Waals surface area contributed by atoms with Gasteiger partial charge in [0.15, 0.2) is 0 Å². The minimum Gasteiger partial charge on any atom is -0.349 e. The largest absolute Gasteiger partial charge is 0.391 e. The number of aromatic nitrogens is 1. The molecule has 0 saturated carbocycles. The molecule has 0 aromatic carbocycles. The Balaban J connectivity index is 2.57. The molecule has 1 aromatic heterocycles. The summed E-state index contributed by atoms with van der Waals surface area (Å²) in [5.41, 5.74) is 0.170. The van der Waals surface area contributed by atoms with Crippen LogP contribution < -0.4 is 5.32 Å². The smallest absolute Gasteiger partial charge is 0.349 e. The molecule has 0 radical (unpaired) electrons. The van der Waals surface area contributed by atoms with Gasteiger partial charge < -0.3 is 5.32 Å². The van der Waals surface area contributed by atoms with E-state index in [-0.39, 0.29) is 10.7 Å². The maximum absolute atomic E-state index is 12.0. The van der Waals surface area contributed by atoms with Gasteiger partial charge in [-0.1, -0.05) is 11.6 Å². The first kappa shape index (κ1) is 13.8. The number of nitrogens with one attached hydrogen (secondary N) is 1. The number of carbonyl (C=O) groups excluding carboxylic acids is 1. The molecule has 1 aromatic rings. The van der Waals surface area contributed by atoms with E-state index in [4.69, 9.17) is 11.6 Å². The van der Waals surface area contributed by atoms with Crippen LogP contribution in [-0.4, -0.2) is 23.1 Å². The highest BCUT2D eigenvalue weighted by Gasteiger charge is 2.30. The standard InChI is InChI=1S/C10H10ClF3N2O/c1-6(4-10(12,13)14)16-9(17)7-2-3-8(11)15-5-7/h2-3,5-6H,4H2,1H3,(H,16,17). The summed E-state index contributed by atoms with van der Waals surface area (Å²) in [4.78, 5) is 15.2. The molecule has 0 fully saturated rings. The summed E-state index contributed by atoms with van der Waals surface area (Å²) in [6.45, 7) is 1.29. The molecule has 0 aliphatic rings. The van der Waals surface area contributed by atoms with Crippen molar-refractivity contribution in [2.24, 2.45) is 0 Å². The molecule has 7 heteroatoms. The van der Waals surface area contributed by atoms with Gasteiger partial charge in [-0.3, -0.25) is 4.79 Å². The van der Waals surface area contributed by atoms with Crippen LogP contribution in [0.2, 0.25) is 5.15 Å². The van der Waals surface area contributed by atoms with E-state index in [1.165, 1.54) is 25.3 Å². The van der Waals surface area contributed by atoms with Crippen molar-refractivity contribution in [2.75, 3.05) is 0 Å². The van der Waals surface area contributed by atoms with Gasteiger partial charge >= 0.3 is 6.18 Å². The molecule has 1 heterocycles. The van der Waals surface area contributed by atoms with E-state index in [0.717, 1.165) is 0 Å². The molecule has 0 spiro atoms. The van der Waals surface area contributed by atoms with E-state index >= 15 is 0 Å². The predicted octanol–water partition coefficient (Wildman–Crippen LogP) is 2.81. The Kier molecular flexibility index (Phi) is 4.34. The Morgan fingerprint density at radius 1 is 1.53 bits per heavy atom. The first-order chi connectivity index (χ1) is 7.78. The van der Waals surface area contributed by atoms with Crippen molar-refractivity contribution in [3.63, 3.8) is 0 Å². The van der Waals surface area contributed by atoms with Crippen LogP contribution in [0.1, 0.15) is 23.7 Å². The molecule has 17 heavy (non-hydrogen) atoms. The first-order valence-corrected chi connectivity index (χ1v) is 5.15. The van der Waals surface area contributed by atoms with Crippen LogP contribution in [0.25, 0.3) is 0 Å². The summed E-state index contributed by atoms with van der Waals surface area (Å²) in [7, 11) is 0. The maximum atomic E-state index is 12.0. The molecule has 3 nitrogen and oxygen atoms in total. The van der Waals surface area contributed by atoms with Gasteiger partial charge in [-0.2, -0.15) is 13.2 Å². The lowest BCUT2D eigenvalue weighted by molar-refractivity contribution is -0.138. The summed E-state index contributed by atoms with van der Waals surface area (Å²) >= 11 is 5.52. The van der Waals surface area contributed by atoms with Gasteiger partial charge in [-0.25, -0.2) is 4.98 Å². The fraction of sp³-hybridized carbons (Fsp3) is 0.400. The lowest BCUT2D eigenvalue weighted by atomic mass is 10.2. The molecule has 94 valence electrons. The second kappa shape index (κ2) is 5.35. The lowest BCUT2D eigenvalue weighted by Gasteiger charge is -2.15. The Labute approximate surface area is 101 Å². The van der Waals surface area contributed by atoms with E-state index in [1.807, 2.05) is 0 Å². The molecule has 1 unspecified atom stereocenters. The van der Waals surface area contributed by atoms with Crippen molar-refractivity contribution in [1.29, 1.82) is 0 Å². The second-order valence-electron chi connectivity index (χ2n) is 3.56. The van der Waals surface area contributed by atoms with Gasteiger partial charge in [0.05, 0.1) is 12.0 Å². The molecule has 0 aliphatic heterocycles. The van der Waals surface area contributed by atoms with Crippen LogP contribution in [0.15, 0.2) is 18.3 Å². The molecule has 1 N–H and O–H groups in total. The van der Waals surface area contributed by atoms with Crippen LogP contribution in [0, 0.1) is 0 Å². The summed E-state index contributed by atoms with van der Waals surface area (Å²) in [6, 6.07) is 1.80. The fourth-order valence-electron chi connectivity index (χ4n) is 1.22. The zero-order valence-corrected chi connectivity index (χ0v) is 9.64. The van der Waals surface area contributed by atoms with Gasteiger partial charge in [-0.05, 0) is 19.1 Å². The quantitative estimate of drug-likeness (QED) is 0.855. The Bertz CT molecular complexity index is 392. The highest BCUT2D eigenvalue weighted by Crippen LogP contribution is 2.21. The van der Waals surface area contributed by atoms with Gasteiger partial charge in [0.2, 0.25) is 0 Å². The van der Waals surface area contributed by atoms with Crippen molar-refractivity contribution in [2.45, 2.75) is 25.6 Å². The number of carbonyl (C=O) groups is 1. The number of halogens is 4. The Hall–Kier alpha value is -1.30. The fourth-order valence-corrected chi connectivity index (χ4v) is 1.33. The molecular weight excluding hydrogens is 257 g/mol. The van der Waals surface area contributed by atoms with Gasteiger partial charge in [-0.15, -0.1) is 0 Å². The number of hydrogen-bond acceptors (Lipinski definition) is 2. The zero-order valence-electron chi connectivity index (χ0n) is 8.88. The van der Waals surface area contributed by atoms with E-state index in [9.17, 15) is 18.0 Å². The molecule has 1 amide bonds. The monoisotopic (exact) mass is 266 g/mol. The topological polar surface area (TPSA) is 42.0 Å². The van der Waals surface area contributed by atoms with E-state index < -0.39 is 24.5 Å². The maximum Gasteiger partial charge on any atom is 0.391 e. The Morgan fingerprint density at radius 3 is 2.65 bits per heavy atom. The number of amides is 1. The van der Waals surface area contributed by atoms with Gasteiger partial charge in [0.25, 0.3) is 5.91 Å². The van der Waals surface area contributed by atoms with Crippen molar-refractivity contribution in [3.8, 4) is 0 Å². The van der Waals surface area contributed by atoms with Crippen LogP contribution in [0.5, 0.6) is 0 Å². The molecule has 0 saturated heterocycles. The first-order valence-electron chi connectivity index (χ1n) is 4.77. The van der Waals surface area contributed by atoms with Crippen molar-refractivity contribution in [1.82, 2.24) is 10.3 Å². The molecule has 1 rings (SSSR count). The third-order valence-corrected chi connectivity index (χ3v) is 2.13. The van der Waals surface area contributed by atoms with Gasteiger partial charge in [0.1, 0.15) is 5.15 Å². The van der Waals surface area contributed by atoms with Crippen LogP contribution in [0.4, 0.5) is 13.2 Å². The summed E-state index contributed by atoms with van der Waals surface area (Å²) in [5.74, 6) is -0.606. The normalized spacial score (nSPS) is 13.2. The third kappa shape index (κ3) is 5.04. The van der Waals surface area contributed by atoms with E-state index in [1.54, 1.807) is 0 Å². The summed E-state index contributed by atoms with van der Waals surface area (Å²) in [5, 5.41) is 2.44. The highest BCUT2D eigenvalue weighted by molar-refractivity contribution is 6.29. The van der Waals surface area contributed by atoms with Gasteiger partial charge in [0, 0.05) is 12.2 Å². The second-order valence-corrected chi connectivity index (χ2v) is 3.95. The van der Waals surface area contributed by atoms with E-state index in [0.29, 0.717) is 0 Å². The molecular formula is C10H10ClF3N2O. The minimum atomic E-state index is -4.30. The number of pyridine rings is 1. The predicted molar refractivity (Wildman–Crippen MR) is 56.8 cm³/mol. The van der Waals surface area contributed by atoms with Crippen LogP contribution in [0.3, 0.4) is 0 Å². The number of hydrogen-bond donors (Lipinski definition) is 1. The third-order valence-electron chi connectivity index (χ3n) is 1.90. The van der Waals surface area contributed by atoms with Crippen LogP contribution >= 0.6 is 11.6 Å². The van der Waals surface area contributed by atoms with Crippen molar-refractivity contribution >= 4 is 17.5 Å². The summed E-state index contributed by atoms with van der Waals surface area (Å²) in [6.07, 6.45) is -4.16. The van der Waals surface area contributed by atoms with E-state index in [2.05, 4.69) is 10.3 Å². The van der Waals surface area contributed by atoms with Crippen molar-refractivity contribution < 1.29 is 18.0 Å². The molecule has 0 bridgehead atoms. The Morgan fingerprint density at radius 2 is 2.18 bits per heavy atom. The minimum absolute atomic E-state index is 0.170. The number of alkyl halides is 3. The zero-order chi connectivity index (χ0) is 13.1. The summed E-state index contributed by atoms with van der Waals surface area (Å²) < 4.78 is 36.1. The SMILES string of the molecule is CC(CC(F)(F)F)NC(=O)c1ccc(Cl)nc1. The average Bonchev–Trinajstić information content (AvgIpc) is 2.15. The lowest BCUT2D eigenvalue weighted by Crippen LogP contribution is -2.35. The highest BCUT2D eigenvalue weighted by atomic mass is 35.5. The number of rotatable bonds is 3. The number of nitrogens with zero attached hydrogens (tertiary/aromatic N) is 1. The van der Waals surface area contributed by atoms with Crippen molar-refractivity contribution in [3.05, 3.63) is 29.0 Å².